The van der Waals surface area contributed by atoms with Gasteiger partial charge in [0.2, 0.25) is 0 Å². The van der Waals surface area contributed by atoms with Crippen molar-refractivity contribution in [3.05, 3.63) is 59.2 Å². The van der Waals surface area contributed by atoms with Crippen molar-refractivity contribution >= 4 is 0 Å². The highest BCUT2D eigenvalue weighted by Crippen LogP contribution is 2.34. The van der Waals surface area contributed by atoms with Gasteiger partial charge in [-0.1, -0.05) is 30.3 Å². The van der Waals surface area contributed by atoms with E-state index in [0.717, 1.165) is 30.4 Å². The van der Waals surface area contributed by atoms with Gasteiger partial charge in [-0.15, -0.1) is 0 Å². The zero-order valence-corrected chi connectivity index (χ0v) is 13.4. The third-order valence-corrected chi connectivity index (χ3v) is 4.55. The maximum Gasteiger partial charge on any atom is 0.160 e. The Balaban J connectivity index is 1.66. The summed E-state index contributed by atoms with van der Waals surface area (Å²) >= 11 is 0. The van der Waals surface area contributed by atoms with E-state index in [1.165, 1.54) is 12.7 Å². The molecule has 0 saturated carbocycles. The van der Waals surface area contributed by atoms with Crippen molar-refractivity contribution in [1.82, 2.24) is 5.32 Å². The first kappa shape index (κ1) is 15.8. The molecule has 0 spiro atoms. The van der Waals surface area contributed by atoms with E-state index in [1.54, 1.807) is 12.1 Å². The Hall–Kier alpha value is -2.04. The SMILES string of the molecule is COc1ccc(CNCC2(O)CCCc3ccccc32)cc1O. The quantitative estimate of drug-likeness (QED) is 0.794. The third-order valence-electron chi connectivity index (χ3n) is 4.55. The average Bonchev–Trinajstić information content (AvgIpc) is 2.55. The second-order valence-corrected chi connectivity index (χ2v) is 6.15. The van der Waals surface area contributed by atoms with E-state index in [9.17, 15) is 10.2 Å². The van der Waals surface area contributed by atoms with Crippen molar-refractivity contribution in [2.24, 2.45) is 0 Å². The van der Waals surface area contributed by atoms with Crippen LogP contribution in [-0.2, 0) is 18.6 Å². The summed E-state index contributed by atoms with van der Waals surface area (Å²) in [6, 6.07) is 13.5. The average molecular weight is 313 g/mol. The fourth-order valence-electron chi connectivity index (χ4n) is 3.34. The molecule has 2 aromatic rings. The molecule has 1 aliphatic rings. The first-order valence-electron chi connectivity index (χ1n) is 8.00. The van der Waals surface area contributed by atoms with Gasteiger partial charge in [0.05, 0.1) is 7.11 Å². The van der Waals surface area contributed by atoms with Gasteiger partial charge in [0.1, 0.15) is 5.60 Å². The van der Waals surface area contributed by atoms with Crippen LogP contribution in [0.1, 0.15) is 29.5 Å². The third kappa shape index (κ3) is 3.33. The lowest BCUT2D eigenvalue weighted by molar-refractivity contribution is 0.0189. The van der Waals surface area contributed by atoms with Crippen molar-refractivity contribution in [2.75, 3.05) is 13.7 Å². The molecule has 0 aliphatic heterocycles. The monoisotopic (exact) mass is 313 g/mol. The molecule has 0 bridgehead atoms. The molecule has 2 aromatic carbocycles. The number of benzene rings is 2. The van der Waals surface area contributed by atoms with E-state index < -0.39 is 5.60 Å². The van der Waals surface area contributed by atoms with Crippen LogP contribution >= 0.6 is 0 Å². The van der Waals surface area contributed by atoms with E-state index in [-0.39, 0.29) is 5.75 Å². The molecular weight excluding hydrogens is 290 g/mol. The molecule has 122 valence electrons. The predicted octanol–water partition coefficient (Wildman–Crippen LogP) is 2.71. The van der Waals surface area contributed by atoms with Crippen molar-refractivity contribution in [3.8, 4) is 11.5 Å². The number of nitrogens with one attached hydrogen (secondary N) is 1. The first-order valence-corrected chi connectivity index (χ1v) is 8.00. The summed E-state index contributed by atoms with van der Waals surface area (Å²) in [5, 5.41) is 24.1. The Kier molecular flexibility index (Phi) is 4.55. The van der Waals surface area contributed by atoms with Crippen LogP contribution in [0.15, 0.2) is 42.5 Å². The van der Waals surface area contributed by atoms with Crippen LogP contribution in [0.3, 0.4) is 0 Å². The number of aliphatic hydroxyl groups is 1. The van der Waals surface area contributed by atoms with Crippen LogP contribution in [0.4, 0.5) is 0 Å². The molecule has 0 fully saturated rings. The molecule has 4 heteroatoms. The molecule has 0 aromatic heterocycles. The van der Waals surface area contributed by atoms with Gasteiger partial charge in [-0.3, -0.25) is 0 Å². The van der Waals surface area contributed by atoms with E-state index in [1.807, 2.05) is 24.3 Å². The molecule has 0 heterocycles. The number of rotatable bonds is 5. The zero-order chi connectivity index (χ0) is 16.3. The number of methoxy groups -OCH3 is 1. The van der Waals surface area contributed by atoms with Crippen molar-refractivity contribution in [2.45, 2.75) is 31.4 Å². The van der Waals surface area contributed by atoms with Gasteiger partial charge in [0.25, 0.3) is 0 Å². The Morgan fingerprint density at radius 3 is 2.83 bits per heavy atom. The highest BCUT2D eigenvalue weighted by atomic mass is 16.5. The van der Waals surface area contributed by atoms with Crippen LogP contribution in [0.2, 0.25) is 0 Å². The molecule has 0 amide bonds. The van der Waals surface area contributed by atoms with Gasteiger partial charge in [-0.2, -0.15) is 0 Å². The highest BCUT2D eigenvalue weighted by molar-refractivity contribution is 5.41. The molecule has 4 nitrogen and oxygen atoms in total. The summed E-state index contributed by atoms with van der Waals surface area (Å²) in [7, 11) is 1.53. The fraction of sp³-hybridized carbons (Fsp3) is 0.368. The molecule has 3 N–H and O–H groups in total. The summed E-state index contributed by atoms with van der Waals surface area (Å²) < 4.78 is 5.04. The molecule has 0 saturated heterocycles. The predicted molar refractivity (Wildman–Crippen MR) is 89.6 cm³/mol. The van der Waals surface area contributed by atoms with E-state index in [0.29, 0.717) is 18.8 Å². The second-order valence-electron chi connectivity index (χ2n) is 6.15. The Labute approximate surface area is 136 Å². The van der Waals surface area contributed by atoms with Gasteiger partial charge in [-0.25, -0.2) is 0 Å². The summed E-state index contributed by atoms with van der Waals surface area (Å²) in [6.07, 6.45) is 2.80. The van der Waals surface area contributed by atoms with Gasteiger partial charge in [-0.05, 0) is 48.1 Å². The van der Waals surface area contributed by atoms with E-state index in [4.69, 9.17) is 4.74 Å². The largest absolute Gasteiger partial charge is 0.504 e. The van der Waals surface area contributed by atoms with Gasteiger partial charge in [0.15, 0.2) is 11.5 Å². The van der Waals surface area contributed by atoms with Crippen LogP contribution in [-0.4, -0.2) is 23.9 Å². The molecule has 1 atom stereocenters. The minimum Gasteiger partial charge on any atom is -0.504 e. The summed E-state index contributed by atoms with van der Waals surface area (Å²) in [5.74, 6) is 0.599. The normalized spacial score (nSPS) is 20.1. The molecule has 0 radical (unpaired) electrons. The maximum atomic E-state index is 11.0. The molecule has 3 rings (SSSR count). The van der Waals surface area contributed by atoms with Crippen LogP contribution < -0.4 is 10.1 Å². The number of aromatic hydroxyl groups is 1. The summed E-state index contributed by atoms with van der Waals surface area (Å²) in [6.45, 7) is 1.08. The highest BCUT2D eigenvalue weighted by Gasteiger charge is 2.33. The van der Waals surface area contributed by atoms with Crippen LogP contribution in [0, 0.1) is 0 Å². The van der Waals surface area contributed by atoms with Gasteiger partial charge < -0.3 is 20.3 Å². The van der Waals surface area contributed by atoms with Crippen molar-refractivity contribution in [3.63, 3.8) is 0 Å². The number of hydrogen-bond donors (Lipinski definition) is 3. The Morgan fingerprint density at radius 1 is 1.22 bits per heavy atom. The van der Waals surface area contributed by atoms with Crippen molar-refractivity contribution in [1.29, 1.82) is 0 Å². The Morgan fingerprint density at radius 2 is 2.04 bits per heavy atom. The van der Waals surface area contributed by atoms with Crippen molar-refractivity contribution < 1.29 is 14.9 Å². The number of aryl methyl sites for hydroxylation is 1. The van der Waals surface area contributed by atoms with Crippen LogP contribution in [0.25, 0.3) is 0 Å². The smallest absolute Gasteiger partial charge is 0.160 e. The standard InChI is InChI=1S/C19H23NO3/c1-23-18-9-8-14(11-17(18)21)12-20-13-19(22)10-4-6-15-5-2-3-7-16(15)19/h2-3,5,7-9,11,20-22H,4,6,10,12-13H2,1H3. The minimum atomic E-state index is -0.816. The van der Waals surface area contributed by atoms with E-state index >= 15 is 0 Å². The summed E-state index contributed by atoms with van der Waals surface area (Å²) in [4.78, 5) is 0. The number of phenols is 1. The maximum absolute atomic E-state index is 11.0. The molecule has 1 unspecified atom stereocenters. The lowest BCUT2D eigenvalue weighted by Crippen LogP contribution is -2.40. The number of phenolic OH excluding ortho intramolecular Hbond substituents is 1. The second kappa shape index (κ2) is 6.60. The number of hydrogen-bond acceptors (Lipinski definition) is 4. The fourth-order valence-corrected chi connectivity index (χ4v) is 3.34. The van der Waals surface area contributed by atoms with E-state index in [2.05, 4.69) is 11.4 Å². The molecule has 23 heavy (non-hydrogen) atoms. The topological polar surface area (TPSA) is 61.7 Å². The molecule has 1 aliphatic carbocycles. The van der Waals surface area contributed by atoms with Crippen LogP contribution in [0.5, 0.6) is 11.5 Å². The number of ether oxygens (including phenoxy) is 1. The Bertz CT molecular complexity index is 686. The minimum absolute atomic E-state index is 0.133. The number of fused-ring (bicyclic) bond motifs is 1. The van der Waals surface area contributed by atoms with Gasteiger partial charge in [0, 0.05) is 13.1 Å². The zero-order valence-electron chi connectivity index (χ0n) is 13.4. The first-order chi connectivity index (χ1) is 11.1. The van der Waals surface area contributed by atoms with Gasteiger partial charge >= 0.3 is 0 Å². The molecular formula is C19H23NO3. The summed E-state index contributed by atoms with van der Waals surface area (Å²) in [5.41, 5.74) is 2.42. The lowest BCUT2D eigenvalue weighted by atomic mass is 9.79. The lowest BCUT2D eigenvalue weighted by Gasteiger charge is -2.34.